The zero-order valence-corrected chi connectivity index (χ0v) is 11.0. The first-order valence-corrected chi connectivity index (χ1v) is 7.72. The number of fused-ring (bicyclic) bond motifs is 1. The number of aromatic nitrogens is 3. The molecule has 0 aliphatic carbocycles. The summed E-state index contributed by atoms with van der Waals surface area (Å²) in [5, 5.41) is 4.61. The SMILES string of the molecule is NC1CCc2nc(CC3CCSCC3)nn2C1. The second kappa shape index (κ2) is 4.98. The van der Waals surface area contributed by atoms with Gasteiger partial charge in [0.2, 0.25) is 0 Å². The first kappa shape index (κ1) is 11.5. The topological polar surface area (TPSA) is 56.7 Å². The first-order valence-electron chi connectivity index (χ1n) is 6.57. The van der Waals surface area contributed by atoms with E-state index < -0.39 is 0 Å². The lowest BCUT2D eigenvalue weighted by Crippen LogP contribution is -2.32. The van der Waals surface area contributed by atoms with Crippen LogP contribution in [0.3, 0.4) is 0 Å². The van der Waals surface area contributed by atoms with Gasteiger partial charge in [0.05, 0.1) is 6.54 Å². The van der Waals surface area contributed by atoms with E-state index >= 15 is 0 Å². The number of hydrogen-bond donors (Lipinski definition) is 1. The average Bonchev–Trinajstić information content (AvgIpc) is 2.71. The Kier molecular flexibility index (Phi) is 3.38. The highest BCUT2D eigenvalue weighted by atomic mass is 32.2. The number of thioether (sulfide) groups is 1. The molecular formula is C12H20N4S. The minimum Gasteiger partial charge on any atom is -0.326 e. The van der Waals surface area contributed by atoms with Gasteiger partial charge < -0.3 is 5.73 Å². The van der Waals surface area contributed by atoms with Crippen LogP contribution >= 0.6 is 11.8 Å². The molecule has 4 nitrogen and oxygen atoms in total. The van der Waals surface area contributed by atoms with E-state index in [9.17, 15) is 0 Å². The molecule has 1 aromatic heterocycles. The van der Waals surface area contributed by atoms with Crippen molar-refractivity contribution in [1.82, 2.24) is 14.8 Å². The Morgan fingerprint density at radius 1 is 1.29 bits per heavy atom. The fourth-order valence-electron chi connectivity index (χ4n) is 2.68. The van der Waals surface area contributed by atoms with Crippen LogP contribution in [0.25, 0.3) is 0 Å². The van der Waals surface area contributed by atoms with E-state index in [0.29, 0.717) is 0 Å². The van der Waals surface area contributed by atoms with E-state index in [2.05, 4.69) is 21.8 Å². The summed E-state index contributed by atoms with van der Waals surface area (Å²) in [5.74, 6) is 5.61. The maximum absolute atomic E-state index is 5.95. The van der Waals surface area contributed by atoms with Gasteiger partial charge in [-0.25, -0.2) is 9.67 Å². The molecule has 17 heavy (non-hydrogen) atoms. The molecule has 0 radical (unpaired) electrons. The van der Waals surface area contributed by atoms with Crippen LogP contribution in [0.15, 0.2) is 0 Å². The standard InChI is InChI=1S/C12H20N4S/c13-10-1-2-12-14-11(15-16(12)8-10)7-9-3-5-17-6-4-9/h9-10H,1-8,13H2. The van der Waals surface area contributed by atoms with Crippen molar-refractivity contribution >= 4 is 11.8 Å². The third-order valence-electron chi connectivity index (χ3n) is 3.75. The van der Waals surface area contributed by atoms with Crippen molar-refractivity contribution < 1.29 is 0 Å². The second-order valence-electron chi connectivity index (χ2n) is 5.18. The number of rotatable bonds is 2. The molecule has 1 unspecified atom stereocenters. The van der Waals surface area contributed by atoms with Crippen molar-refractivity contribution in [3.63, 3.8) is 0 Å². The van der Waals surface area contributed by atoms with E-state index in [1.165, 1.54) is 24.3 Å². The molecule has 2 aliphatic rings. The van der Waals surface area contributed by atoms with Gasteiger partial charge in [0.25, 0.3) is 0 Å². The second-order valence-corrected chi connectivity index (χ2v) is 6.41. The van der Waals surface area contributed by atoms with Crippen LogP contribution in [-0.4, -0.2) is 32.3 Å². The molecule has 0 amide bonds. The molecule has 2 N–H and O–H groups in total. The Labute approximate surface area is 106 Å². The van der Waals surface area contributed by atoms with Crippen LogP contribution in [0, 0.1) is 5.92 Å². The Morgan fingerprint density at radius 3 is 2.94 bits per heavy atom. The highest BCUT2D eigenvalue weighted by molar-refractivity contribution is 7.99. The summed E-state index contributed by atoms with van der Waals surface area (Å²) in [7, 11) is 0. The third-order valence-corrected chi connectivity index (χ3v) is 4.80. The number of nitrogens with two attached hydrogens (primary N) is 1. The maximum atomic E-state index is 5.95. The monoisotopic (exact) mass is 252 g/mol. The van der Waals surface area contributed by atoms with Crippen LogP contribution in [0.2, 0.25) is 0 Å². The molecule has 1 fully saturated rings. The van der Waals surface area contributed by atoms with Gasteiger partial charge in [-0.2, -0.15) is 16.9 Å². The van der Waals surface area contributed by atoms with Gasteiger partial charge in [-0.3, -0.25) is 0 Å². The lowest BCUT2D eigenvalue weighted by molar-refractivity contribution is 0.418. The van der Waals surface area contributed by atoms with Crippen molar-refractivity contribution in [3.05, 3.63) is 11.6 Å². The van der Waals surface area contributed by atoms with Gasteiger partial charge in [-0.1, -0.05) is 0 Å². The first-order chi connectivity index (χ1) is 8.31. The van der Waals surface area contributed by atoms with Crippen LogP contribution < -0.4 is 5.73 Å². The molecular weight excluding hydrogens is 232 g/mol. The molecule has 0 spiro atoms. The van der Waals surface area contributed by atoms with Crippen LogP contribution in [0.1, 0.15) is 30.9 Å². The van der Waals surface area contributed by atoms with E-state index in [1.54, 1.807) is 0 Å². The van der Waals surface area contributed by atoms with Crippen molar-refractivity contribution in [2.45, 2.75) is 44.7 Å². The van der Waals surface area contributed by atoms with Crippen LogP contribution in [0.5, 0.6) is 0 Å². The number of nitrogens with zero attached hydrogens (tertiary/aromatic N) is 3. The summed E-state index contributed by atoms with van der Waals surface area (Å²) in [4.78, 5) is 4.67. The van der Waals surface area contributed by atoms with Gasteiger partial charge in [0.15, 0.2) is 5.82 Å². The predicted octanol–water partition coefficient (Wildman–Crippen LogP) is 1.24. The molecule has 5 heteroatoms. The van der Waals surface area contributed by atoms with E-state index in [0.717, 1.165) is 43.4 Å². The summed E-state index contributed by atoms with van der Waals surface area (Å²) in [5.41, 5.74) is 5.95. The van der Waals surface area contributed by atoms with Crippen molar-refractivity contribution in [2.24, 2.45) is 11.7 Å². The molecule has 0 aromatic carbocycles. The largest absolute Gasteiger partial charge is 0.326 e. The lowest BCUT2D eigenvalue weighted by atomic mass is 9.99. The summed E-state index contributed by atoms with van der Waals surface area (Å²) in [6.07, 6.45) is 5.77. The van der Waals surface area contributed by atoms with Gasteiger partial charge >= 0.3 is 0 Å². The highest BCUT2D eigenvalue weighted by Crippen LogP contribution is 2.25. The van der Waals surface area contributed by atoms with Crippen molar-refractivity contribution in [3.8, 4) is 0 Å². The van der Waals surface area contributed by atoms with Crippen LogP contribution in [0.4, 0.5) is 0 Å². The number of aryl methyl sites for hydroxylation is 1. The lowest BCUT2D eigenvalue weighted by Gasteiger charge is -2.19. The molecule has 0 saturated carbocycles. The Balaban J connectivity index is 1.67. The molecule has 3 heterocycles. The van der Waals surface area contributed by atoms with Crippen LogP contribution in [-0.2, 0) is 19.4 Å². The third kappa shape index (κ3) is 2.65. The molecule has 1 atom stereocenters. The number of hydrogen-bond acceptors (Lipinski definition) is 4. The van der Waals surface area contributed by atoms with E-state index in [-0.39, 0.29) is 6.04 Å². The Bertz CT molecular complexity index is 384. The minimum atomic E-state index is 0.267. The maximum Gasteiger partial charge on any atom is 0.151 e. The van der Waals surface area contributed by atoms with Gasteiger partial charge in [-0.15, -0.1) is 0 Å². The molecule has 1 saturated heterocycles. The van der Waals surface area contributed by atoms with E-state index in [4.69, 9.17) is 5.73 Å². The van der Waals surface area contributed by atoms with Gasteiger partial charge in [-0.05, 0) is 36.7 Å². The van der Waals surface area contributed by atoms with Gasteiger partial charge in [0.1, 0.15) is 5.82 Å². The molecule has 94 valence electrons. The molecule has 0 bridgehead atoms. The average molecular weight is 252 g/mol. The van der Waals surface area contributed by atoms with Crippen molar-refractivity contribution in [2.75, 3.05) is 11.5 Å². The predicted molar refractivity (Wildman–Crippen MR) is 70.1 cm³/mol. The zero-order chi connectivity index (χ0) is 11.7. The Morgan fingerprint density at radius 2 is 2.12 bits per heavy atom. The van der Waals surface area contributed by atoms with Crippen molar-refractivity contribution in [1.29, 1.82) is 0 Å². The van der Waals surface area contributed by atoms with Gasteiger partial charge in [0, 0.05) is 18.9 Å². The normalized spacial score (nSPS) is 25.8. The summed E-state index contributed by atoms with van der Waals surface area (Å²) < 4.78 is 2.03. The molecule has 1 aromatic rings. The molecule has 2 aliphatic heterocycles. The molecule has 3 rings (SSSR count). The summed E-state index contributed by atoms with van der Waals surface area (Å²) in [6, 6.07) is 0.267. The highest BCUT2D eigenvalue weighted by Gasteiger charge is 2.21. The summed E-state index contributed by atoms with van der Waals surface area (Å²) in [6.45, 7) is 0.850. The summed E-state index contributed by atoms with van der Waals surface area (Å²) >= 11 is 2.07. The quantitative estimate of drug-likeness (QED) is 0.860. The zero-order valence-electron chi connectivity index (χ0n) is 10.1. The minimum absolute atomic E-state index is 0.267. The fourth-order valence-corrected chi connectivity index (χ4v) is 3.88. The van der Waals surface area contributed by atoms with E-state index in [1.807, 2.05) is 4.68 Å². The smallest absolute Gasteiger partial charge is 0.151 e. The fraction of sp³-hybridized carbons (Fsp3) is 0.833. The Hall–Kier alpha value is -0.550.